The fraction of sp³-hybridized carbons (Fsp3) is 0.778. The van der Waals surface area contributed by atoms with Gasteiger partial charge in [0.05, 0.1) is 13.2 Å². The average Bonchev–Trinajstić information content (AvgIpc) is 2.64. The van der Waals surface area contributed by atoms with Crippen molar-refractivity contribution < 1.29 is 52.4 Å². The molecule has 5 atom stereocenters. The minimum absolute atomic E-state index is 0.305. The summed E-state index contributed by atoms with van der Waals surface area (Å²) < 4.78 is 31.9. The summed E-state index contributed by atoms with van der Waals surface area (Å²) in [6.07, 6.45) is -5.88. The van der Waals surface area contributed by atoms with E-state index in [9.17, 15) is 19.2 Å². The number of rotatable bonds is 7. The summed E-state index contributed by atoms with van der Waals surface area (Å²) >= 11 is 0. The van der Waals surface area contributed by atoms with Crippen LogP contribution < -0.4 is 0 Å². The van der Waals surface area contributed by atoms with Crippen LogP contribution in [0.25, 0.3) is 0 Å². The summed E-state index contributed by atoms with van der Waals surface area (Å²) in [4.78, 5) is 52.4. The Balaban J connectivity index is 2.37. The molecule has 0 bridgehead atoms. The summed E-state index contributed by atoms with van der Waals surface area (Å²) in [6.45, 7) is 6.04. The molecule has 0 aromatic carbocycles. The van der Waals surface area contributed by atoms with Crippen LogP contribution in [-0.2, 0) is 52.4 Å². The maximum atomic E-state index is 11.8. The van der Waals surface area contributed by atoms with Gasteiger partial charge in [-0.25, -0.2) is 0 Å². The van der Waals surface area contributed by atoms with Crippen molar-refractivity contribution in [3.63, 3.8) is 0 Å². The van der Waals surface area contributed by atoms with E-state index in [1.165, 1.54) is 20.8 Å². The number of hydroxylamine groups is 2. The summed E-state index contributed by atoms with van der Waals surface area (Å²) in [5.74, 6) is -2.62. The molecule has 2 aliphatic rings. The second-order valence-electron chi connectivity index (χ2n) is 6.71. The van der Waals surface area contributed by atoms with Crippen LogP contribution in [-0.4, -0.2) is 92.6 Å². The third kappa shape index (κ3) is 7.20. The first kappa shape index (κ1) is 24.0. The average molecular weight is 433 g/mol. The van der Waals surface area contributed by atoms with Gasteiger partial charge < -0.3 is 28.4 Å². The molecule has 0 aliphatic carbocycles. The van der Waals surface area contributed by atoms with Crippen molar-refractivity contribution in [1.29, 1.82) is 0 Å². The maximum absolute atomic E-state index is 11.8. The predicted molar refractivity (Wildman–Crippen MR) is 95.4 cm³/mol. The van der Waals surface area contributed by atoms with Crippen molar-refractivity contribution in [3.05, 3.63) is 0 Å². The lowest BCUT2D eigenvalue weighted by molar-refractivity contribution is -0.344. The van der Waals surface area contributed by atoms with Crippen LogP contribution in [0.5, 0.6) is 0 Å². The molecular weight excluding hydrogens is 406 g/mol. The molecule has 0 radical (unpaired) electrons. The molecule has 12 nitrogen and oxygen atoms in total. The fourth-order valence-corrected chi connectivity index (χ4v) is 3.07. The van der Waals surface area contributed by atoms with Crippen molar-refractivity contribution in [2.24, 2.45) is 0 Å². The van der Waals surface area contributed by atoms with Crippen LogP contribution >= 0.6 is 0 Å². The van der Waals surface area contributed by atoms with Gasteiger partial charge in [0, 0.05) is 40.8 Å². The molecule has 2 aliphatic heterocycles. The van der Waals surface area contributed by atoms with Gasteiger partial charge in [-0.3, -0.25) is 24.0 Å². The van der Waals surface area contributed by atoms with Crippen LogP contribution in [0, 0.1) is 0 Å². The van der Waals surface area contributed by atoms with Gasteiger partial charge >= 0.3 is 23.9 Å². The molecule has 0 saturated carbocycles. The van der Waals surface area contributed by atoms with Gasteiger partial charge in [0.25, 0.3) is 0 Å². The summed E-state index contributed by atoms with van der Waals surface area (Å²) in [6, 6.07) is 0. The van der Waals surface area contributed by atoms with Crippen molar-refractivity contribution in [3.8, 4) is 0 Å². The van der Waals surface area contributed by atoms with Crippen molar-refractivity contribution >= 4 is 23.9 Å². The van der Waals surface area contributed by atoms with E-state index in [2.05, 4.69) is 0 Å². The van der Waals surface area contributed by atoms with Crippen LogP contribution in [0.1, 0.15) is 27.7 Å². The molecule has 0 aromatic rings. The van der Waals surface area contributed by atoms with Gasteiger partial charge in [-0.1, -0.05) is 0 Å². The normalized spacial score (nSPS) is 29.5. The molecule has 0 aromatic heterocycles. The Morgan fingerprint density at radius 2 is 1.37 bits per heavy atom. The molecule has 2 rings (SSSR count). The Morgan fingerprint density at radius 1 is 0.800 bits per heavy atom. The topological polar surface area (TPSA) is 136 Å². The molecule has 2 heterocycles. The highest BCUT2D eigenvalue weighted by molar-refractivity contribution is 5.68. The largest absolute Gasteiger partial charge is 0.463 e. The smallest absolute Gasteiger partial charge is 0.305 e. The number of esters is 4. The second-order valence-corrected chi connectivity index (χ2v) is 6.71. The minimum atomic E-state index is -1.37. The van der Waals surface area contributed by atoms with Crippen molar-refractivity contribution in [2.75, 3.05) is 32.9 Å². The monoisotopic (exact) mass is 433 g/mol. The highest BCUT2D eigenvalue weighted by Crippen LogP contribution is 2.30. The Kier molecular flexibility index (Phi) is 8.96. The SMILES string of the molecule is CC(=O)OCC1O[C@@H](OC(C)=O)C(OC(C)=O)C(ON2CCOCC2)[C@@H]1OC(C)=O. The molecular formula is C18H27NO11. The zero-order chi connectivity index (χ0) is 22.3. The first-order valence-electron chi connectivity index (χ1n) is 9.47. The second kappa shape index (κ2) is 11.2. The number of carbonyl (C=O) groups is 4. The Bertz CT molecular complexity index is 634. The Labute approximate surface area is 173 Å². The molecule has 0 amide bonds. The summed E-state index contributed by atoms with van der Waals surface area (Å²) in [5, 5.41) is 1.57. The van der Waals surface area contributed by atoms with Gasteiger partial charge in [-0.2, -0.15) is 5.06 Å². The lowest BCUT2D eigenvalue weighted by Crippen LogP contribution is -2.64. The highest BCUT2D eigenvalue weighted by Gasteiger charge is 2.53. The summed E-state index contributed by atoms with van der Waals surface area (Å²) in [5.41, 5.74) is 0. The number of ether oxygens (including phenoxy) is 6. The van der Waals surface area contributed by atoms with E-state index in [1.54, 1.807) is 5.06 Å². The van der Waals surface area contributed by atoms with E-state index in [4.69, 9.17) is 33.3 Å². The Hall–Kier alpha value is -2.28. The predicted octanol–water partition coefficient (Wildman–Crippen LogP) is -0.667. The molecule has 0 N–H and O–H groups in total. The highest BCUT2D eigenvalue weighted by atomic mass is 16.8. The molecule has 30 heavy (non-hydrogen) atoms. The fourth-order valence-electron chi connectivity index (χ4n) is 3.07. The number of nitrogens with zero attached hydrogens (tertiary/aromatic N) is 1. The third-order valence-corrected chi connectivity index (χ3v) is 4.17. The number of carbonyl (C=O) groups excluding carboxylic acids is 4. The van der Waals surface area contributed by atoms with E-state index in [0.717, 1.165) is 6.92 Å². The standard InChI is InChI=1S/C18H27NO11/c1-10(20)25-9-14-15(26-11(2)21)16(30-19-5-7-24-8-6-19)17(27-12(3)22)18(29-14)28-13(4)23/h14-18H,5-9H2,1-4H3/t14?,15-,16?,17?,18-/m1/s1. The van der Waals surface area contributed by atoms with E-state index < -0.39 is 54.6 Å². The maximum Gasteiger partial charge on any atom is 0.305 e. The van der Waals surface area contributed by atoms with Crippen LogP contribution in [0.2, 0.25) is 0 Å². The van der Waals surface area contributed by atoms with Gasteiger partial charge in [-0.05, 0) is 0 Å². The first-order chi connectivity index (χ1) is 14.2. The number of hydrogen-bond acceptors (Lipinski definition) is 12. The van der Waals surface area contributed by atoms with E-state index >= 15 is 0 Å². The molecule has 3 unspecified atom stereocenters. The van der Waals surface area contributed by atoms with E-state index in [1.807, 2.05) is 0 Å². The van der Waals surface area contributed by atoms with Gasteiger partial charge in [0.15, 0.2) is 18.3 Å². The molecule has 170 valence electrons. The lowest BCUT2D eigenvalue weighted by Gasteiger charge is -2.45. The molecule has 12 heteroatoms. The lowest BCUT2D eigenvalue weighted by atomic mass is 9.98. The van der Waals surface area contributed by atoms with Gasteiger partial charge in [0.1, 0.15) is 12.7 Å². The minimum Gasteiger partial charge on any atom is -0.463 e. The zero-order valence-electron chi connectivity index (χ0n) is 17.4. The molecule has 0 spiro atoms. The summed E-state index contributed by atoms with van der Waals surface area (Å²) in [7, 11) is 0. The zero-order valence-corrected chi connectivity index (χ0v) is 17.4. The first-order valence-corrected chi connectivity index (χ1v) is 9.47. The van der Waals surface area contributed by atoms with E-state index in [-0.39, 0.29) is 6.61 Å². The van der Waals surface area contributed by atoms with E-state index in [0.29, 0.717) is 26.3 Å². The third-order valence-electron chi connectivity index (χ3n) is 4.17. The number of morpholine rings is 1. The quantitative estimate of drug-likeness (QED) is 0.372. The molecule has 2 saturated heterocycles. The molecule has 2 fully saturated rings. The van der Waals surface area contributed by atoms with Gasteiger partial charge in [-0.15, -0.1) is 0 Å². The van der Waals surface area contributed by atoms with Crippen molar-refractivity contribution in [1.82, 2.24) is 5.06 Å². The van der Waals surface area contributed by atoms with Crippen LogP contribution in [0.4, 0.5) is 0 Å². The van der Waals surface area contributed by atoms with Gasteiger partial charge in [0.2, 0.25) is 6.29 Å². The number of hydrogen-bond donors (Lipinski definition) is 0. The van der Waals surface area contributed by atoms with Crippen LogP contribution in [0.3, 0.4) is 0 Å². The van der Waals surface area contributed by atoms with Crippen molar-refractivity contribution in [2.45, 2.75) is 58.4 Å². The van der Waals surface area contributed by atoms with Crippen LogP contribution in [0.15, 0.2) is 0 Å². The Morgan fingerprint density at radius 3 is 1.90 bits per heavy atom.